The molecule has 2 rings (SSSR count). The molecule has 2 heterocycles. The number of ether oxygens (including phenoxy) is 2. The van der Waals surface area contributed by atoms with Crippen LogP contribution < -0.4 is 0 Å². The molecule has 4 heteroatoms. The van der Waals surface area contributed by atoms with E-state index in [2.05, 4.69) is 18.7 Å². The van der Waals surface area contributed by atoms with Crippen molar-refractivity contribution in [1.82, 2.24) is 4.90 Å². The summed E-state index contributed by atoms with van der Waals surface area (Å²) in [5, 5.41) is 0. The van der Waals surface area contributed by atoms with Crippen LogP contribution in [0, 0.1) is 0 Å². The largest absolute Gasteiger partial charge is 0.466 e. The molecule has 2 atom stereocenters. The van der Waals surface area contributed by atoms with Gasteiger partial charge in [-0.3, -0.25) is 9.69 Å². The Hall–Kier alpha value is -0.610. The zero-order chi connectivity index (χ0) is 13.9. The van der Waals surface area contributed by atoms with Crippen LogP contribution in [0.4, 0.5) is 0 Å². The fraction of sp³-hybridized carbons (Fsp3) is 0.933. The van der Waals surface area contributed by atoms with Gasteiger partial charge in [-0.15, -0.1) is 0 Å². The van der Waals surface area contributed by atoms with Gasteiger partial charge in [0.15, 0.2) is 0 Å². The number of rotatable bonds is 4. The van der Waals surface area contributed by atoms with Crippen LogP contribution in [-0.2, 0) is 14.3 Å². The van der Waals surface area contributed by atoms with Gasteiger partial charge in [-0.25, -0.2) is 0 Å². The first-order valence-electron chi connectivity index (χ1n) is 7.62. The summed E-state index contributed by atoms with van der Waals surface area (Å²) in [6, 6.07) is 0. The average molecular weight is 269 g/mol. The highest BCUT2D eigenvalue weighted by Crippen LogP contribution is 2.39. The van der Waals surface area contributed by atoms with E-state index in [1.165, 1.54) is 12.8 Å². The van der Waals surface area contributed by atoms with Crippen LogP contribution in [0.25, 0.3) is 0 Å². The monoisotopic (exact) mass is 269 g/mol. The number of hydrogen-bond acceptors (Lipinski definition) is 4. The van der Waals surface area contributed by atoms with Crippen LogP contribution in [0.15, 0.2) is 0 Å². The predicted octanol–water partition coefficient (Wildman–Crippen LogP) is 2.36. The summed E-state index contributed by atoms with van der Waals surface area (Å²) in [6.45, 7) is 8.79. The van der Waals surface area contributed by atoms with E-state index in [1.807, 2.05) is 6.92 Å². The molecule has 4 nitrogen and oxygen atoms in total. The maximum Gasteiger partial charge on any atom is 0.307 e. The van der Waals surface area contributed by atoms with E-state index in [9.17, 15) is 4.79 Å². The molecule has 0 bridgehead atoms. The summed E-state index contributed by atoms with van der Waals surface area (Å²) < 4.78 is 11.1. The van der Waals surface area contributed by atoms with Crippen LogP contribution in [-0.4, -0.2) is 48.3 Å². The van der Waals surface area contributed by atoms with Gasteiger partial charge in [0, 0.05) is 5.54 Å². The van der Waals surface area contributed by atoms with Crippen molar-refractivity contribution in [3.05, 3.63) is 0 Å². The number of carbonyl (C=O) groups is 1. The number of likely N-dealkylation sites (tertiary alicyclic amines) is 1. The number of hydrogen-bond donors (Lipinski definition) is 0. The van der Waals surface area contributed by atoms with Gasteiger partial charge in [0.05, 0.1) is 25.2 Å². The summed E-state index contributed by atoms with van der Waals surface area (Å²) in [4.78, 5) is 14.5. The standard InChI is InChI=1S/C15H27NO3/c1-4-18-14(17)11-15(16-7-5-6-8-16)9-12(2)19-13(3)10-15/h12-13H,4-11H2,1-3H3. The van der Waals surface area contributed by atoms with Crippen molar-refractivity contribution in [2.45, 2.75) is 70.6 Å². The first-order valence-corrected chi connectivity index (χ1v) is 7.62. The fourth-order valence-corrected chi connectivity index (χ4v) is 3.83. The van der Waals surface area contributed by atoms with Gasteiger partial charge in [0.25, 0.3) is 0 Å². The minimum absolute atomic E-state index is 0.0418. The summed E-state index contributed by atoms with van der Waals surface area (Å²) in [5.74, 6) is -0.0595. The molecule has 2 unspecified atom stereocenters. The summed E-state index contributed by atoms with van der Waals surface area (Å²) in [7, 11) is 0. The molecular formula is C15H27NO3. The van der Waals surface area contributed by atoms with Crippen molar-refractivity contribution in [2.24, 2.45) is 0 Å². The summed E-state index contributed by atoms with van der Waals surface area (Å²) >= 11 is 0. The Kier molecular flexibility index (Phi) is 4.85. The highest BCUT2D eigenvalue weighted by molar-refractivity contribution is 5.71. The van der Waals surface area contributed by atoms with Crippen LogP contribution in [0.2, 0.25) is 0 Å². The third kappa shape index (κ3) is 3.48. The number of carbonyl (C=O) groups excluding carboxylic acids is 1. The molecule has 2 fully saturated rings. The second-order valence-electron chi connectivity index (χ2n) is 6.07. The minimum atomic E-state index is -0.0595. The van der Waals surface area contributed by atoms with E-state index in [4.69, 9.17) is 9.47 Å². The Labute approximate surface area is 116 Å². The third-order valence-corrected chi connectivity index (χ3v) is 4.36. The lowest BCUT2D eigenvalue weighted by molar-refractivity contribution is -0.153. The molecule has 2 aliphatic rings. The highest BCUT2D eigenvalue weighted by atomic mass is 16.5. The molecule has 0 N–H and O–H groups in total. The zero-order valence-electron chi connectivity index (χ0n) is 12.5. The smallest absolute Gasteiger partial charge is 0.307 e. The van der Waals surface area contributed by atoms with Crippen molar-refractivity contribution < 1.29 is 14.3 Å². The minimum Gasteiger partial charge on any atom is -0.466 e. The molecule has 0 aromatic carbocycles. The van der Waals surface area contributed by atoms with Gasteiger partial charge < -0.3 is 9.47 Å². The highest BCUT2D eigenvalue weighted by Gasteiger charge is 2.45. The fourth-order valence-electron chi connectivity index (χ4n) is 3.83. The lowest BCUT2D eigenvalue weighted by atomic mass is 9.80. The Morgan fingerprint density at radius 2 is 1.84 bits per heavy atom. The number of esters is 1. The van der Waals surface area contributed by atoms with E-state index >= 15 is 0 Å². The SMILES string of the molecule is CCOC(=O)CC1(N2CCCC2)CC(C)OC(C)C1. The van der Waals surface area contributed by atoms with Crippen molar-refractivity contribution in [3.8, 4) is 0 Å². The second-order valence-corrected chi connectivity index (χ2v) is 6.07. The molecule has 0 aliphatic carbocycles. The topological polar surface area (TPSA) is 38.8 Å². The molecule has 0 spiro atoms. The molecular weight excluding hydrogens is 242 g/mol. The maximum atomic E-state index is 12.0. The van der Waals surface area contributed by atoms with Crippen molar-refractivity contribution >= 4 is 5.97 Å². The Morgan fingerprint density at radius 3 is 2.37 bits per heavy atom. The normalized spacial score (nSPS) is 36.4. The lowest BCUT2D eigenvalue weighted by Gasteiger charge is -2.48. The molecule has 110 valence electrons. The predicted molar refractivity (Wildman–Crippen MR) is 74.0 cm³/mol. The summed E-state index contributed by atoms with van der Waals surface area (Å²) in [6.07, 6.45) is 5.32. The van der Waals surface area contributed by atoms with E-state index in [0.29, 0.717) is 13.0 Å². The third-order valence-electron chi connectivity index (χ3n) is 4.36. The molecule has 2 aliphatic heterocycles. The quantitative estimate of drug-likeness (QED) is 0.734. The zero-order valence-corrected chi connectivity index (χ0v) is 12.5. The van der Waals surface area contributed by atoms with Crippen molar-refractivity contribution in [3.63, 3.8) is 0 Å². The number of nitrogens with zero attached hydrogens (tertiary/aromatic N) is 1. The van der Waals surface area contributed by atoms with Crippen LogP contribution in [0.3, 0.4) is 0 Å². The Bertz CT molecular complexity index is 303. The Balaban J connectivity index is 2.13. The summed E-state index contributed by atoms with van der Waals surface area (Å²) in [5.41, 5.74) is -0.0418. The Morgan fingerprint density at radius 1 is 1.26 bits per heavy atom. The first kappa shape index (κ1) is 14.8. The molecule has 0 aromatic heterocycles. The van der Waals surface area contributed by atoms with Crippen LogP contribution in [0.1, 0.15) is 52.9 Å². The molecule has 0 amide bonds. The van der Waals surface area contributed by atoms with Crippen molar-refractivity contribution in [1.29, 1.82) is 0 Å². The van der Waals surface area contributed by atoms with Gasteiger partial charge in [0.2, 0.25) is 0 Å². The maximum absolute atomic E-state index is 12.0. The van der Waals surface area contributed by atoms with Gasteiger partial charge in [-0.05, 0) is 59.5 Å². The van der Waals surface area contributed by atoms with E-state index in [-0.39, 0.29) is 23.7 Å². The molecule has 0 aromatic rings. The van der Waals surface area contributed by atoms with Gasteiger partial charge in [0.1, 0.15) is 0 Å². The average Bonchev–Trinajstić information content (AvgIpc) is 2.81. The molecule has 19 heavy (non-hydrogen) atoms. The van der Waals surface area contributed by atoms with Crippen LogP contribution >= 0.6 is 0 Å². The van der Waals surface area contributed by atoms with E-state index in [1.54, 1.807) is 0 Å². The van der Waals surface area contributed by atoms with E-state index < -0.39 is 0 Å². The van der Waals surface area contributed by atoms with Gasteiger partial charge in [-0.2, -0.15) is 0 Å². The van der Waals surface area contributed by atoms with Gasteiger partial charge >= 0.3 is 5.97 Å². The second kappa shape index (κ2) is 6.23. The van der Waals surface area contributed by atoms with E-state index in [0.717, 1.165) is 25.9 Å². The van der Waals surface area contributed by atoms with Crippen LogP contribution in [0.5, 0.6) is 0 Å². The molecule has 0 radical (unpaired) electrons. The molecule has 0 saturated carbocycles. The van der Waals surface area contributed by atoms with Gasteiger partial charge in [-0.1, -0.05) is 0 Å². The first-order chi connectivity index (χ1) is 9.05. The molecule has 2 saturated heterocycles. The van der Waals surface area contributed by atoms with Crippen molar-refractivity contribution in [2.75, 3.05) is 19.7 Å². The lowest BCUT2D eigenvalue weighted by Crippen LogP contribution is -2.55.